The van der Waals surface area contributed by atoms with Gasteiger partial charge in [-0.3, -0.25) is 9.69 Å². The van der Waals surface area contributed by atoms with Gasteiger partial charge < -0.3 is 15.4 Å². The highest BCUT2D eigenvalue weighted by molar-refractivity contribution is 6.30. The molecule has 0 unspecified atom stereocenters. The molecule has 2 atom stereocenters. The number of carbonyl (C=O) groups is 1. The van der Waals surface area contributed by atoms with Gasteiger partial charge in [-0.15, -0.1) is 0 Å². The van der Waals surface area contributed by atoms with Crippen molar-refractivity contribution in [2.45, 2.75) is 31.6 Å². The van der Waals surface area contributed by atoms with Crippen LogP contribution in [0, 0.1) is 0 Å². The fourth-order valence-electron chi connectivity index (χ4n) is 4.37. The molecule has 6 heteroatoms. The highest BCUT2D eigenvalue weighted by atomic mass is 35.5. The molecule has 32 heavy (non-hydrogen) atoms. The summed E-state index contributed by atoms with van der Waals surface area (Å²) in [6.07, 6.45) is 0.771. The SMILES string of the molecule is COCCNC(=O)[C@@H]1C[C@@H](NCc2ccc3ccccc3c2)CN1Cc1cccc(Cl)c1. The van der Waals surface area contributed by atoms with Crippen molar-refractivity contribution in [3.8, 4) is 0 Å². The highest BCUT2D eigenvalue weighted by Crippen LogP contribution is 2.23. The Morgan fingerprint density at radius 1 is 1.06 bits per heavy atom. The standard InChI is InChI=1S/C26H30ClN3O2/c1-32-12-11-28-26(31)25-15-24(18-30(25)17-20-5-4-8-23(27)14-20)29-16-19-9-10-21-6-2-3-7-22(21)13-19/h2-10,13-14,24-25,29H,11-12,15-18H2,1H3,(H,28,31)/t24-,25+/m1/s1. The molecule has 0 saturated carbocycles. The van der Waals surface area contributed by atoms with Gasteiger partial charge >= 0.3 is 0 Å². The van der Waals surface area contributed by atoms with Crippen LogP contribution in [0.15, 0.2) is 66.7 Å². The molecule has 1 heterocycles. The summed E-state index contributed by atoms with van der Waals surface area (Å²) in [6, 6.07) is 22.9. The monoisotopic (exact) mass is 451 g/mol. The van der Waals surface area contributed by atoms with E-state index in [1.165, 1.54) is 16.3 Å². The maximum absolute atomic E-state index is 12.9. The van der Waals surface area contributed by atoms with Crippen molar-refractivity contribution in [3.05, 3.63) is 82.9 Å². The number of halogens is 1. The van der Waals surface area contributed by atoms with Gasteiger partial charge in [0.1, 0.15) is 0 Å². The number of ether oxygens (including phenoxy) is 1. The van der Waals surface area contributed by atoms with Gasteiger partial charge in [-0.05, 0) is 46.5 Å². The molecule has 168 valence electrons. The van der Waals surface area contributed by atoms with E-state index >= 15 is 0 Å². The van der Waals surface area contributed by atoms with Crippen LogP contribution >= 0.6 is 11.6 Å². The van der Waals surface area contributed by atoms with Gasteiger partial charge in [-0.25, -0.2) is 0 Å². The normalized spacial score (nSPS) is 18.8. The van der Waals surface area contributed by atoms with Gasteiger partial charge in [0.05, 0.1) is 12.6 Å². The molecule has 5 nitrogen and oxygen atoms in total. The molecule has 0 aromatic heterocycles. The van der Waals surface area contributed by atoms with Crippen molar-refractivity contribution < 1.29 is 9.53 Å². The number of nitrogens with one attached hydrogen (secondary N) is 2. The summed E-state index contributed by atoms with van der Waals surface area (Å²) < 4.78 is 5.07. The van der Waals surface area contributed by atoms with Crippen molar-refractivity contribution >= 4 is 28.3 Å². The molecule has 1 aliphatic rings. The average molecular weight is 452 g/mol. The minimum absolute atomic E-state index is 0.0547. The Balaban J connectivity index is 1.42. The maximum Gasteiger partial charge on any atom is 0.237 e. The van der Waals surface area contributed by atoms with Gasteiger partial charge in [-0.2, -0.15) is 0 Å². The van der Waals surface area contributed by atoms with E-state index < -0.39 is 0 Å². The molecule has 1 amide bonds. The molecular weight excluding hydrogens is 422 g/mol. The van der Waals surface area contributed by atoms with E-state index in [4.69, 9.17) is 16.3 Å². The molecule has 0 bridgehead atoms. The number of methoxy groups -OCH3 is 1. The molecule has 3 aromatic carbocycles. The second-order valence-electron chi connectivity index (χ2n) is 8.35. The fraction of sp³-hybridized carbons (Fsp3) is 0.346. The van der Waals surface area contributed by atoms with E-state index in [0.717, 1.165) is 25.1 Å². The fourth-order valence-corrected chi connectivity index (χ4v) is 4.59. The highest BCUT2D eigenvalue weighted by Gasteiger charge is 2.36. The second-order valence-corrected chi connectivity index (χ2v) is 8.79. The molecule has 2 N–H and O–H groups in total. The summed E-state index contributed by atoms with van der Waals surface area (Å²) in [6.45, 7) is 3.31. The van der Waals surface area contributed by atoms with Gasteiger partial charge in [0.25, 0.3) is 0 Å². The van der Waals surface area contributed by atoms with Crippen LogP contribution in [0.2, 0.25) is 5.02 Å². The Kier molecular flexibility index (Phi) is 7.76. The van der Waals surface area contributed by atoms with Crippen molar-refractivity contribution in [2.75, 3.05) is 26.8 Å². The molecule has 1 fully saturated rings. The van der Waals surface area contributed by atoms with E-state index in [1.807, 2.05) is 18.2 Å². The van der Waals surface area contributed by atoms with Gasteiger partial charge in [-0.1, -0.05) is 60.1 Å². The van der Waals surface area contributed by atoms with Crippen LogP contribution in [0.25, 0.3) is 10.8 Å². The van der Waals surface area contributed by atoms with Crippen molar-refractivity contribution in [1.82, 2.24) is 15.5 Å². The Bertz CT molecular complexity index is 1060. The average Bonchev–Trinajstić information content (AvgIpc) is 3.20. The number of nitrogens with zero attached hydrogens (tertiary/aromatic N) is 1. The number of amides is 1. The predicted molar refractivity (Wildman–Crippen MR) is 130 cm³/mol. The van der Waals surface area contributed by atoms with Crippen LogP contribution in [-0.4, -0.2) is 49.7 Å². The van der Waals surface area contributed by atoms with Crippen LogP contribution in [0.5, 0.6) is 0 Å². The predicted octanol–water partition coefficient (Wildman–Crippen LogP) is 3.99. The minimum Gasteiger partial charge on any atom is -0.383 e. The summed E-state index contributed by atoms with van der Waals surface area (Å²) in [5.74, 6) is 0.0547. The van der Waals surface area contributed by atoms with Crippen LogP contribution < -0.4 is 10.6 Å². The lowest BCUT2D eigenvalue weighted by Crippen LogP contribution is -2.43. The second kappa shape index (κ2) is 10.9. The Morgan fingerprint density at radius 3 is 2.72 bits per heavy atom. The van der Waals surface area contributed by atoms with E-state index in [-0.39, 0.29) is 18.0 Å². The Labute approximate surface area is 194 Å². The van der Waals surface area contributed by atoms with E-state index in [0.29, 0.717) is 24.7 Å². The molecule has 1 saturated heterocycles. The maximum atomic E-state index is 12.9. The first kappa shape index (κ1) is 22.7. The smallest absolute Gasteiger partial charge is 0.237 e. The Hall–Kier alpha value is -2.44. The number of rotatable bonds is 9. The number of benzene rings is 3. The van der Waals surface area contributed by atoms with Crippen molar-refractivity contribution in [3.63, 3.8) is 0 Å². The first-order valence-electron chi connectivity index (χ1n) is 11.1. The lowest BCUT2D eigenvalue weighted by atomic mass is 10.1. The summed E-state index contributed by atoms with van der Waals surface area (Å²) in [5.41, 5.74) is 2.36. The third-order valence-electron chi connectivity index (χ3n) is 5.99. The molecule has 3 aromatic rings. The summed E-state index contributed by atoms with van der Waals surface area (Å²) >= 11 is 6.18. The largest absolute Gasteiger partial charge is 0.383 e. The minimum atomic E-state index is -0.181. The lowest BCUT2D eigenvalue weighted by molar-refractivity contribution is -0.125. The first-order valence-corrected chi connectivity index (χ1v) is 11.5. The summed E-state index contributed by atoms with van der Waals surface area (Å²) in [5, 5.41) is 9.89. The van der Waals surface area contributed by atoms with Crippen LogP contribution in [0.1, 0.15) is 17.5 Å². The van der Waals surface area contributed by atoms with Gasteiger partial charge in [0, 0.05) is 44.4 Å². The zero-order valence-electron chi connectivity index (χ0n) is 18.4. The van der Waals surface area contributed by atoms with Gasteiger partial charge in [0.15, 0.2) is 0 Å². The molecule has 0 aliphatic carbocycles. The number of hydrogen-bond acceptors (Lipinski definition) is 4. The number of fused-ring (bicyclic) bond motifs is 1. The molecule has 1 aliphatic heterocycles. The first-order chi connectivity index (χ1) is 15.6. The van der Waals surface area contributed by atoms with Crippen molar-refractivity contribution in [1.29, 1.82) is 0 Å². The molecule has 4 rings (SSSR count). The van der Waals surface area contributed by atoms with E-state index in [1.54, 1.807) is 7.11 Å². The van der Waals surface area contributed by atoms with Crippen LogP contribution in [0.3, 0.4) is 0 Å². The van der Waals surface area contributed by atoms with Crippen LogP contribution in [0.4, 0.5) is 0 Å². The number of hydrogen-bond donors (Lipinski definition) is 2. The van der Waals surface area contributed by atoms with Crippen molar-refractivity contribution in [2.24, 2.45) is 0 Å². The third kappa shape index (κ3) is 5.87. The lowest BCUT2D eigenvalue weighted by Gasteiger charge is -2.23. The summed E-state index contributed by atoms with van der Waals surface area (Å²) in [7, 11) is 1.64. The van der Waals surface area contributed by atoms with Gasteiger partial charge in [0.2, 0.25) is 5.91 Å². The zero-order chi connectivity index (χ0) is 22.3. The molecule has 0 spiro atoms. The Morgan fingerprint density at radius 2 is 1.91 bits per heavy atom. The topological polar surface area (TPSA) is 53.6 Å². The summed E-state index contributed by atoms with van der Waals surface area (Å²) in [4.78, 5) is 15.1. The quantitative estimate of drug-likeness (QED) is 0.483. The zero-order valence-corrected chi connectivity index (χ0v) is 19.1. The van der Waals surface area contributed by atoms with E-state index in [9.17, 15) is 4.79 Å². The third-order valence-corrected chi connectivity index (χ3v) is 6.23. The number of likely N-dealkylation sites (tertiary alicyclic amines) is 1. The van der Waals surface area contributed by atoms with Crippen LogP contribution in [-0.2, 0) is 22.6 Å². The van der Waals surface area contributed by atoms with E-state index in [2.05, 4.69) is 64.1 Å². The molecule has 0 radical (unpaired) electrons. The molecular formula is C26H30ClN3O2. The number of carbonyl (C=O) groups excluding carboxylic acids is 1.